The van der Waals surface area contributed by atoms with Crippen molar-refractivity contribution in [2.45, 2.75) is 33.2 Å². The molecule has 0 amide bonds. The number of benzene rings is 3. The summed E-state index contributed by atoms with van der Waals surface area (Å²) >= 11 is 0. The van der Waals surface area contributed by atoms with Crippen LogP contribution >= 0.6 is 0 Å². The monoisotopic (exact) mass is 428 g/mol. The number of nitrogens with one attached hydrogen (secondary N) is 1. The Hall–Kier alpha value is -3.24. The van der Waals surface area contributed by atoms with Crippen molar-refractivity contribution >= 4 is 10.9 Å². The van der Waals surface area contributed by atoms with Gasteiger partial charge in [-0.05, 0) is 79.0 Å². The smallest absolute Gasteiger partial charge is 0.119 e. The standard InChI is InChI=1S/C28H32N2O2/c1-3-4-17-29-18-19-32-25-15-9-22(10-16-25)20-30-27-8-6-5-7-26(27)21(2)28(30)23-11-13-24(31)14-12-23/h5-16,29,31H,3-4,17-20H2,1-2H3. The van der Waals surface area contributed by atoms with Crippen molar-refractivity contribution in [3.63, 3.8) is 0 Å². The van der Waals surface area contributed by atoms with Crippen LogP contribution in [0.15, 0.2) is 72.8 Å². The van der Waals surface area contributed by atoms with Gasteiger partial charge in [0.15, 0.2) is 0 Å². The van der Waals surface area contributed by atoms with Crippen molar-refractivity contribution < 1.29 is 9.84 Å². The molecule has 1 aromatic heterocycles. The van der Waals surface area contributed by atoms with E-state index in [0.29, 0.717) is 6.61 Å². The zero-order chi connectivity index (χ0) is 22.3. The van der Waals surface area contributed by atoms with Gasteiger partial charge in [0.05, 0.1) is 5.69 Å². The summed E-state index contributed by atoms with van der Waals surface area (Å²) in [4.78, 5) is 0. The van der Waals surface area contributed by atoms with E-state index in [-0.39, 0.29) is 5.75 Å². The molecule has 4 aromatic rings. The summed E-state index contributed by atoms with van der Waals surface area (Å²) in [5, 5.41) is 14.4. The summed E-state index contributed by atoms with van der Waals surface area (Å²) in [6, 6.07) is 24.4. The summed E-state index contributed by atoms with van der Waals surface area (Å²) in [6.45, 7) is 7.73. The molecular formula is C28H32N2O2. The molecule has 0 aliphatic carbocycles. The highest BCUT2D eigenvalue weighted by Crippen LogP contribution is 2.34. The second-order valence-electron chi connectivity index (χ2n) is 8.22. The molecule has 0 aliphatic heterocycles. The van der Waals surface area contributed by atoms with Crippen molar-refractivity contribution in [3.05, 3.63) is 83.9 Å². The third-order valence-corrected chi connectivity index (χ3v) is 5.88. The quantitative estimate of drug-likeness (QED) is 0.298. The molecule has 0 saturated carbocycles. The SMILES string of the molecule is CCCCNCCOc1ccc(Cn2c(-c3ccc(O)cc3)c(C)c3ccccc32)cc1. The number of nitrogens with zero attached hydrogens (tertiary/aromatic N) is 1. The summed E-state index contributed by atoms with van der Waals surface area (Å²) in [5.74, 6) is 1.18. The zero-order valence-electron chi connectivity index (χ0n) is 19.0. The molecule has 32 heavy (non-hydrogen) atoms. The second kappa shape index (κ2) is 10.4. The first-order valence-corrected chi connectivity index (χ1v) is 11.5. The molecule has 166 valence electrons. The normalized spacial score (nSPS) is 11.2. The molecule has 1 heterocycles. The lowest BCUT2D eigenvalue weighted by atomic mass is 10.1. The van der Waals surface area contributed by atoms with Crippen LogP contribution in [0.1, 0.15) is 30.9 Å². The first-order chi connectivity index (χ1) is 15.7. The highest BCUT2D eigenvalue weighted by atomic mass is 16.5. The van der Waals surface area contributed by atoms with Crippen molar-refractivity contribution in [1.29, 1.82) is 0 Å². The van der Waals surface area contributed by atoms with Crippen LogP contribution in [-0.2, 0) is 6.54 Å². The third-order valence-electron chi connectivity index (χ3n) is 5.88. The molecular weight excluding hydrogens is 396 g/mol. The molecule has 2 N–H and O–H groups in total. The number of para-hydroxylation sites is 1. The Kier molecular flexibility index (Phi) is 7.13. The van der Waals surface area contributed by atoms with Crippen LogP contribution in [0.3, 0.4) is 0 Å². The summed E-state index contributed by atoms with van der Waals surface area (Å²) in [7, 11) is 0. The van der Waals surface area contributed by atoms with Crippen LogP contribution in [0.2, 0.25) is 0 Å². The molecule has 4 rings (SSSR count). The van der Waals surface area contributed by atoms with E-state index in [9.17, 15) is 5.11 Å². The number of fused-ring (bicyclic) bond motifs is 1. The maximum atomic E-state index is 9.74. The lowest BCUT2D eigenvalue weighted by Gasteiger charge is -2.13. The van der Waals surface area contributed by atoms with Gasteiger partial charge in [-0.15, -0.1) is 0 Å². The van der Waals surface area contributed by atoms with Crippen molar-refractivity contribution in [1.82, 2.24) is 9.88 Å². The van der Waals surface area contributed by atoms with Gasteiger partial charge >= 0.3 is 0 Å². The molecule has 4 heteroatoms. The van der Waals surface area contributed by atoms with E-state index in [1.54, 1.807) is 12.1 Å². The van der Waals surface area contributed by atoms with E-state index >= 15 is 0 Å². The lowest BCUT2D eigenvalue weighted by molar-refractivity contribution is 0.313. The van der Waals surface area contributed by atoms with Crippen molar-refractivity contribution in [3.8, 4) is 22.8 Å². The fourth-order valence-electron chi connectivity index (χ4n) is 4.17. The van der Waals surface area contributed by atoms with E-state index in [1.165, 1.54) is 40.6 Å². The fraction of sp³-hybridized carbons (Fsp3) is 0.286. The van der Waals surface area contributed by atoms with Crippen LogP contribution in [-0.4, -0.2) is 29.4 Å². The Balaban J connectivity index is 1.54. The molecule has 3 aromatic carbocycles. The first kappa shape index (κ1) is 22.0. The average molecular weight is 429 g/mol. The topological polar surface area (TPSA) is 46.4 Å². The molecule has 0 atom stereocenters. The highest BCUT2D eigenvalue weighted by Gasteiger charge is 2.16. The number of aryl methyl sites for hydroxylation is 1. The van der Waals surface area contributed by atoms with Crippen LogP contribution in [0.4, 0.5) is 0 Å². The number of unbranched alkanes of at least 4 members (excludes halogenated alkanes) is 1. The minimum absolute atomic E-state index is 0.283. The predicted octanol–water partition coefficient (Wildman–Crippen LogP) is 6.14. The van der Waals surface area contributed by atoms with Gasteiger partial charge in [0.25, 0.3) is 0 Å². The minimum Gasteiger partial charge on any atom is -0.508 e. The van der Waals surface area contributed by atoms with Gasteiger partial charge < -0.3 is 19.7 Å². The molecule has 4 nitrogen and oxygen atoms in total. The third kappa shape index (κ3) is 4.97. The molecule has 0 unspecified atom stereocenters. The van der Waals surface area contributed by atoms with E-state index in [0.717, 1.165) is 30.9 Å². The lowest BCUT2D eigenvalue weighted by Crippen LogP contribution is -2.21. The van der Waals surface area contributed by atoms with E-state index in [1.807, 2.05) is 12.1 Å². The summed E-state index contributed by atoms with van der Waals surface area (Å²) < 4.78 is 8.24. The average Bonchev–Trinajstić information content (AvgIpc) is 3.09. The number of hydrogen-bond donors (Lipinski definition) is 2. The number of aromatic nitrogens is 1. The number of aromatic hydroxyl groups is 1. The fourth-order valence-corrected chi connectivity index (χ4v) is 4.17. The van der Waals surface area contributed by atoms with Gasteiger partial charge in [-0.3, -0.25) is 0 Å². The Labute approximate surface area is 190 Å². The maximum Gasteiger partial charge on any atom is 0.119 e. The van der Waals surface area contributed by atoms with Gasteiger partial charge in [0.2, 0.25) is 0 Å². The molecule has 0 aliphatic rings. The highest BCUT2D eigenvalue weighted by molar-refractivity contribution is 5.91. The van der Waals surface area contributed by atoms with Crippen LogP contribution in [0.5, 0.6) is 11.5 Å². The van der Waals surface area contributed by atoms with Crippen LogP contribution in [0, 0.1) is 6.92 Å². The van der Waals surface area contributed by atoms with Crippen LogP contribution < -0.4 is 10.1 Å². The minimum atomic E-state index is 0.283. The Morgan fingerprint density at radius 3 is 2.41 bits per heavy atom. The van der Waals surface area contributed by atoms with Crippen LogP contribution in [0.25, 0.3) is 22.2 Å². The van der Waals surface area contributed by atoms with Gasteiger partial charge in [-0.25, -0.2) is 0 Å². The van der Waals surface area contributed by atoms with Gasteiger partial charge in [-0.2, -0.15) is 0 Å². The van der Waals surface area contributed by atoms with Gasteiger partial charge in [0.1, 0.15) is 18.1 Å². The first-order valence-electron chi connectivity index (χ1n) is 11.5. The second-order valence-corrected chi connectivity index (χ2v) is 8.22. The zero-order valence-corrected chi connectivity index (χ0v) is 19.0. The number of phenolic OH excluding ortho intramolecular Hbond substituents is 1. The van der Waals surface area contributed by atoms with Gasteiger partial charge in [-0.1, -0.05) is 43.7 Å². The van der Waals surface area contributed by atoms with Crippen molar-refractivity contribution in [2.24, 2.45) is 0 Å². The van der Waals surface area contributed by atoms with E-state index < -0.39 is 0 Å². The van der Waals surface area contributed by atoms with E-state index in [4.69, 9.17) is 4.74 Å². The molecule has 0 radical (unpaired) electrons. The number of rotatable bonds is 10. The van der Waals surface area contributed by atoms with E-state index in [2.05, 4.69) is 72.3 Å². The number of ether oxygens (including phenoxy) is 1. The van der Waals surface area contributed by atoms with Gasteiger partial charge in [0, 0.05) is 24.0 Å². The summed E-state index contributed by atoms with van der Waals surface area (Å²) in [6.07, 6.45) is 2.41. The largest absolute Gasteiger partial charge is 0.508 e. The van der Waals surface area contributed by atoms with Crippen molar-refractivity contribution in [2.75, 3.05) is 19.7 Å². The molecule has 0 spiro atoms. The summed E-state index contributed by atoms with van der Waals surface area (Å²) in [5.41, 5.74) is 5.98. The maximum absolute atomic E-state index is 9.74. The molecule has 0 bridgehead atoms. The molecule has 0 saturated heterocycles. The predicted molar refractivity (Wildman–Crippen MR) is 133 cm³/mol. The molecule has 0 fully saturated rings. The number of hydrogen-bond acceptors (Lipinski definition) is 3. The Morgan fingerprint density at radius 2 is 1.66 bits per heavy atom. The number of phenols is 1. The Morgan fingerprint density at radius 1 is 0.906 bits per heavy atom. The Bertz CT molecular complexity index is 1140.